The molecule has 0 saturated heterocycles. The third-order valence-corrected chi connectivity index (χ3v) is 16.7. The average molecular weight is 985 g/mol. The van der Waals surface area contributed by atoms with Crippen molar-refractivity contribution >= 4 is 55.7 Å². The maximum absolute atomic E-state index is 2.44. The van der Waals surface area contributed by atoms with Crippen LogP contribution in [0, 0.1) is 0 Å². The second-order valence-electron chi connectivity index (χ2n) is 22.7. The predicted octanol–water partition coefficient (Wildman–Crippen LogP) is 20.2. The molecule has 11 rings (SSSR count). The standard InChI is InChI=1S/C74H68N2/c1-71(2,55-25-13-9-14-26-55)59-35-43-63(44-36-59)75(64-45-37-60(38-46-64)72(3,4)56-27-15-10-16-28-56)69-33-21-23-53-52-68-54(51-67(53)69)24-22-34-70(68)76(65-47-39-61(40-48-65)73(5,6)57-29-17-11-18-30-57)66-49-41-62(42-50-66)74(7,8)58-31-19-12-20-32-58/h9-52H,1-8H3. The molecule has 0 heterocycles. The summed E-state index contributed by atoms with van der Waals surface area (Å²) < 4.78 is 0. The van der Waals surface area contributed by atoms with Crippen molar-refractivity contribution in [1.29, 1.82) is 0 Å². The van der Waals surface area contributed by atoms with Crippen molar-refractivity contribution in [3.8, 4) is 0 Å². The molecule has 76 heavy (non-hydrogen) atoms. The molecule has 0 N–H and O–H groups in total. The quantitative estimate of drug-likeness (QED) is 0.100. The summed E-state index contributed by atoms with van der Waals surface area (Å²) in [5.74, 6) is 0. The van der Waals surface area contributed by atoms with E-state index in [0.717, 1.165) is 34.1 Å². The van der Waals surface area contributed by atoms with E-state index in [4.69, 9.17) is 0 Å². The number of rotatable bonds is 14. The van der Waals surface area contributed by atoms with Crippen LogP contribution in [0.15, 0.2) is 267 Å². The Balaban J connectivity index is 1.04. The molecular weight excluding hydrogens is 917 g/mol. The van der Waals surface area contributed by atoms with Crippen LogP contribution in [-0.2, 0) is 21.7 Å². The molecule has 2 nitrogen and oxygen atoms in total. The lowest BCUT2D eigenvalue weighted by Crippen LogP contribution is -2.20. The minimum atomic E-state index is -0.166. The highest BCUT2D eigenvalue weighted by Crippen LogP contribution is 2.46. The van der Waals surface area contributed by atoms with E-state index in [1.165, 1.54) is 66.1 Å². The fraction of sp³-hybridized carbons (Fsp3) is 0.162. The molecule has 2 heteroatoms. The first kappa shape index (κ1) is 49.7. The molecule has 11 aromatic rings. The van der Waals surface area contributed by atoms with E-state index in [9.17, 15) is 0 Å². The Bertz CT molecular complexity index is 3300. The Morgan fingerprint density at radius 2 is 0.421 bits per heavy atom. The third kappa shape index (κ3) is 9.28. The van der Waals surface area contributed by atoms with Gasteiger partial charge in [0, 0.05) is 55.2 Å². The van der Waals surface area contributed by atoms with E-state index in [1.54, 1.807) is 0 Å². The minimum absolute atomic E-state index is 0.166. The molecule has 0 bridgehead atoms. The number of hydrogen-bond donors (Lipinski definition) is 0. The zero-order chi connectivity index (χ0) is 52.7. The zero-order valence-corrected chi connectivity index (χ0v) is 45.3. The SMILES string of the molecule is CC(C)(c1ccccc1)c1ccc(N(c2ccc(C(C)(C)c3ccccc3)cc2)c2cccc3cc4c(N(c5ccc(C(C)(C)c6ccccc6)cc5)c5ccc(C(C)(C)c6ccccc6)cc5)cccc4cc23)cc1. The number of nitrogens with zero attached hydrogens (tertiary/aromatic N) is 2. The van der Waals surface area contributed by atoms with Crippen molar-refractivity contribution < 1.29 is 0 Å². The Hall–Kier alpha value is -8.46. The molecule has 0 spiro atoms. The molecule has 0 unspecified atom stereocenters. The molecule has 0 aliphatic rings. The second-order valence-corrected chi connectivity index (χ2v) is 22.7. The highest BCUT2D eigenvalue weighted by molar-refractivity contribution is 6.10. The van der Waals surface area contributed by atoms with Crippen LogP contribution >= 0.6 is 0 Å². The van der Waals surface area contributed by atoms with Gasteiger partial charge in [0.15, 0.2) is 0 Å². The normalized spacial score (nSPS) is 12.2. The van der Waals surface area contributed by atoms with Crippen LogP contribution in [0.2, 0.25) is 0 Å². The van der Waals surface area contributed by atoms with Gasteiger partial charge < -0.3 is 9.80 Å². The fourth-order valence-corrected chi connectivity index (χ4v) is 11.5. The van der Waals surface area contributed by atoms with Gasteiger partial charge in [0.05, 0.1) is 11.4 Å². The molecule has 0 aliphatic heterocycles. The summed E-state index contributed by atoms with van der Waals surface area (Å²) in [5.41, 5.74) is 16.3. The fourth-order valence-electron chi connectivity index (χ4n) is 11.5. The largest absolute Gasteiger partial charge is 0.310 e. The van der Waals surface area contributed by atoms with E-state index in [-0.39, 0.29) is 21.7 Å². The van der Waals surface area contributed by atoms with Crippen molar-refractivity contribution in [2.45, 2.75) is 77.0 Å². The maximum Gasteiger partial charge on any atom is 0.0540 e. The van der Waals surface area contributed by atoms with Crippen LogP contribution in [0.5, 0.6) is 0 Å². The van der Waals surface area contributed by atoms with Crippen molar-refractivity contribution in [3.05, 3.63) is 311 Å². The van der Waals surface area contributed by atoms with Gasteiger partial charge in [-0.15, -0.1) is 0 Å². The third-order valence-electron chi connectivity index (χ3n) is 16.7. The molecule has 0 amide bonds. The maximum atomic E-state index is 2.44. The molecule has 0 radical (unpaired) electrons. The molecule has 0 fully saturated rings. The average Bonchev–Trinajstić information content (AvgIpc) is 3.47. The predicted molar refractivity (Wildman–Crippen MR) is 325 cm³/mol. The van der Waals surface area contributed by atoms with Crippen molar-refractivity contribution in [3.63, 3.8) is 0 Å². The summed E-state index contributed by atoms with van der Waals surface area (Å²) in [6, 6.07) is 98.6. The highest BCUT2D eigenvalue weighted by atomic mass is 15.1. The van der Waals surface area contributed by atoms with E-state index in [0.29, 0.717) is 0 Å². The minimum Gasteiger partial charge on any atom is -0.310 e. The van der Waals surface area contributed by atoms with Crippen LogP contribution < -0.4 is 9.80 Å². The Labute approximate surface area is 451 Å². The van der Waals surface area contributed by atoms with Gasteiger partial charge in [0.2, 0.25) is 0 Å². The first-order valence-electron chi connectivity index (χ1n) is 26.9. The summed E-state index contributed by atoms with van der Waals surface area (Å²) in [5, 5.41) is 4.71. The summed E-state index contributed by atoms with van der Waals surface area (Å²) in [6.07, 6.45) is 0. The molecule has 0 atom stereocenters. The number of benzene rings is 11. The molecule has 0 aromatic heterocycles. The van der Waals surface area contributed by atoms with Crippen LogP contribution in [0.3, 0.4) is 0 Å². The van der Waals surface area contributed by atoms with Gasteiger partial charge in [-0.3, -0.25) is 0 Å². The second kappa shape index (κ2) is 20.0. The van der Waals surface area contributed by atoms with Gasteiger partial charge in [0.1, 0.15) is 0 Å². The van der Waals surface area contributed by atoms with Gasteiger partial charge in [-0.05, 0) is 128 Å². The Kier molecular flexibility index (Phi) is 13.1. The van der Waals surface area contributed by atoms with Crippen molar-refractivity contribution in [1.82, 2.24) is 0 Å². The van der Waals surface area contributed by atoms with Crippen LogP contribution in [0.25, 0.3) is 21.5 Å². The first-order chi connectivity index (χ1) is 36.7. The molecule has 11 aromatic carbocycles. The summed E-state index contributed by atoms with van der Waals surface area (Å²) >= 11 is 0. The zero-order valence-electron chi connectivity index (χ0n) is 45.3. The van der Waals surface area contributed by atoms with Gasteiger partial charge in [-0.25, -0.2) is 0 Å². The monoisotopic (exact) mass is 985 g/mol. The lowest BCUT2D eigenvalue weighted by molar-refractivity contribution is 0.640. The summed E-state index contributed by atoms with van der Waals surface area (Å²) in [7, 11) is 0. The number of anilines is 6. The van der Waals surface area contributed by atoms with E-state index in [2.05, 4.69) is 332 Å². The summed E-state index contributed by atoms with van der Waals surface area (Å²) in [6.45, 7) is 18.5. The van der Waals surface area contributed by atoms with Crippen molar-refractivity contribution in [2.24, 2.45) is 0 Å². The lowest BCUT2D eigenvalue weighted by Gasteiger charge is -2.31. The lowest BCUT2D eigenvalue weighted by atomic mass is 9.78. The van der Waals surface area contributed by atoms with Crippen molar-refractivity contribution in [2.75, 3.05) is 9.80 Å². The van der Waals surface area contributed by atoms with E-state index >= 15 is 0 Å². The van der Waals surface area contributed by atoms with E-state index in [1.807, 2.05) is 0 Å². The smallest absolute Gasteiger partial charge is 0.0540 e. The van der Waals surface area contributed by atoms with Crippen LogP contribution in [0.1, 0.15) is 99.9 Å². The van der Waals surface area contributed by atoms with Gasteiger partial charge in [0.25, 0.3) is 0 Å². The van der Waals surface area contributed by atoms with Gasteiger partial charge >= 0.3 is 0 Å². The first-order valence-corrected chi connectivity index (χ1v) is 26.9. The topological polar surface area (TPSA) is 6.48 Å². The van der Waals surface area contributed by atoms with E-state index < -0.39 is 0 Å². The Morgan fingerprint density at radius 1 is 0.211 bits per heavy atom. The molecule has 0 saturated carbocycles. The Morgan fingerprint density at radius 3 is 0.645 bits per heavy atom. The number of hydrogen-bond acceptors (Lipinski definition) is 2. The molecule has 0 aliphatic carbocycles. The molecule has 374 valence electrons. The van der Waals surface area contributed by atoms with Gasteiger partial charge in [-0.2, -0.15) is 0 Å². The summed E-state index contributed by atoms with van der Waals surface area (Å²) in [4.78, 5) is 4.89. The van der Waals surface area contributed by atoms with Crippen LogP contribution in [0.4, 0.5) is 34.1 Å². The van der Waals surface area contributed by atoms with Gasteiger partial charge in [-0.1, -0.05) is 250 Å². The molecular formula is C74H68N2. The number of fused-ring (bicyclic) bond motifs is 2. The van der Waals surface area contributed by atoms with Crippen LogP contribution in [-0.4, -0.2) is 0 Å². The highest BCUT2D eigenvalue weighted by Gasteiger charge is 2.28.